The van der Waals surface area contributed by atoms with Crippen molar-refractivity contribution in [2.75, 3.05) is 9.80 Å². The predicted molar refractivity (Wildman–Crippen MR) is 229 cm³/mol. The van der Waals surface area contributed by atoms with Crippen molar-refractivity contribution in [2.45, 2.75) is 0 Å². The summed E-state index contributed by atoms with van der Waals surface area (Å²) in [6, 6.07) is 65.4. The second kappa shape index (κ2) is 12.8. The first-order valence-electron chi connectivity index (χ1n) is 18.3. The Hall–Kier alpha value is -7.15. The van der Waals surface area contributed by atoms with Crippen LogP contribution in [0.1, 0.15) is 0 Å². The van der Waals surface area contributed by atoms with E-state index >= 15 is 0 Å². The first kappa shape index (κ1) is 31.4. The molecule has 3 heterocycles. The van der Waals surface area contributed by atoms with Crippen LogP contribution in [-0.2, 0) is 0 Å². The number of nitrogens with zero attached hydrogens (tertiary/aromatic N) is 3. The molecule has 0 spiro atoms. The Labute approximate surface area is 320 Å². The number of fused-ring (bicyclic) bond motifs is 7. The molecule has 0 bridgehead atoms. The Balaban J connectivity index is 1.21. The molecule has 0 aliphatic carbocycles. The summed E-state index contributed by atoms with van der Waals surface area (Å²) in [4.78, 5) is 9.79. The highest BCUT2D eigenvalue weighted by molar-refractivity contribution is 7.26. The second-order valence-electron chi connectivity index (χ2n) is 13.6. The van der Waals surface area contributed by atoms with Crippen molar-refractivity contribution in [1.29, 1.82) is 0 Å². The van der Waals surface area contributed by atoms with Gasteiger partial charge in [0, 0.05) is 49.2 Å². The summed E-state index contributed by atoms with van der Waals surface area (Å²) in [7, 11) is 0. The molecule has 0 aliphatic heterocycles. The third kappa shape index (κ3) is 5.26. The number of benzene rings is 8. The van der Waals surface area contributed by atoms with Crippen molar-refractivity contribution >= 4 is 98.7 Å². The van der Waals surface area contributed by atoms with Crippen molar-refractivity contribution in [3.05, 3.63) is 188 Å². The van der Waals surface area contributed by atoms with Gasteiger partial charge in [0.05, 0.1) is 27.4 Å². The van der Waals surface area contributed by atoms with Crippen LogP contribution in [0.4, 0.5) is 34.1 Å². The first-order chi connectivity index (χ1) is 27.3. The first-order valence-corrected chi connectivity index (χ1v) is 19.1. The molecule has 11 aromatic rings. The van der Waals surface area contributed by atoms with E-state index in [1.54, 1.807) is 0 Å². The average molecular weight is 726 g/mol. The van der Waals surface area contributed by atoms with Gasteiger partial charge in [-0.05, 0) is 78.9 Å². The quantitative estimate of drug-likeness (QED) is 0.164. The van der Waals surface area contributed by atoms with E-state index in [-0.39, 0.29) is 0 Å². The number of oxazole rings is 1. The van der Waals surface area contributed by atoms with Crippen LogP contribution in [0.25, 0.3) is 64.7 Å². The maximum Gasteiger partial charge on any atom is 0.227 e. The molecule has 0 saturated carbocycles. The molecule has 0 atom stereocenters. The van der Waals surface area contributed by atoms with Gasteiger partial charge in [0.15, 0.2) is 5.58 Å². The zero-order valence-electron chi connectivity index (χ0n) is 29.5. The molecule has 0 aliphatic rings. The summed E-state index contributed by atoms with van der Waals surface area (Å²) >= 11 is 1.82. The minimum atomic E-state index is 0.563. The second-order valence-corrected chi connectivity index (χ2v) is 14.6. The summed E-state index contributed by atoms with van der Waals surface area (Å²) in [5.41, 5.74) is 9.89. The van der Waals surface area contributed by atoms with Gasteiger partial charge in [-0.15, -0.1) is 11.3 Å². The molecule has 3 aromatic heterocycles. The number of thiophene rings is 1. The van der Waals surface area contributed by atoms with Crippen molar-refractivity contribution in [3.8, 4) is 11.5 Å². The lowest BCUT2D eigenvalue weighted by Gasteiger charge is -2.29. The zero-order chi connectivity index (χ0) is 36.3. The summed E-state index contributed by atoms with van der Waals surface area (Å²) in [5, 5.41) is 4.66. The van der Waals surface area contributed by atoms with Gasteiger partial charge in [-0.1, -0.05) is 103 Å². The molecule has 0 amide bonds. The molecule has 0 fully saturated rings. The third-order valence-corrected chi connectivity index (χ3v) is 11.5. The third-order valence-electron chi connectivity index (χ3n) is 10.2. The predicted octanol–water partition coefficient (Wildman–Crippen LogP) is 14.7. The van der Waals surface area contributed by atoms with Gasteiger partial charge in [0.2, 0.25) is 5.89 Å². The van der Waals surface area contributed by atoms with E-state index in [9.17, 15) is 0 Å². The van der Waals surface area contributed by atoms with Gasteiger partial charge in [-0.2, -0.15) is 0 Å². The highest BCUT2D eigenvalue weighted by Crippen LogP contribution is 2.49. The fourth-order valence-corrected chi connectivity index (χ4v) is 8.98. The maximum absolute atomic E-state index is 6.81. The number of rotatable bonds is 7. The van der Waals surface area contributed by atoms with Gasteiger partial charge in [0.1, 0.15) is 16.7 Å². The van der Waals surface area contributed by atoms with Crippen LogP contribution in [0, 0.1) is 0 Å². The van der Waals surface area contributed by atoms with Gasteiger partial charge in [0.25, 0.3) is 0 Å². The number of hydrogen-bond acceptors (Lipinski definition) is 6. The average Bonchev–Trinajstić information content (AvgIpc) is 3.96. The minimum absolute atomic E-state index is 0.563. The van der Waals surface area contributed by atoms with E-state index in [1.165, 1.54) is 20.2 Å². The Kier molecular flexibility index (Phi) is 7.28. The highest BCUT2D eigenvalue weighted by atomic mass is 32.1. The van der Waals surface area contributed by atoms with E-state index in [2.05, 4.69) is 149 Å². The summed E-state index contributed by atoms with van der Waals surface area (Å²) in [5.74, 6) is 0.563. The van der Waals surface area contributed by atoms with E-state index < -0.39 is 0 Å². The smallest absolute Gasteiger partial charge is 0.227 e. The monoisotopic (exact) mass is 725 g/mol. The number of hydrogen-bond donors (Lipinski definition) is 0. The lowest BCUT2D eigenvalue weighted by atomic mass is 10.1. The Bertz CT molecular complexity index is 3170. The highest BCUT2D eigenvalue weighted by Gasteiger charge is 2.26. The molecule has 0 N–H and O–H groups in total. The molecule has 11 rings (SSSR count). The number of anilines is 6. The van der Waals surface area contributed by atoms with Crippen molar-refractivity contribution in [1.82, 2.24) is 4.98 Å². The Morgan fingerprint density at radius 3 is 1.84 bits per heavy atom. The summed E-state index contributed by atoms with van der Waals surface area (Å²) in [6.07, 6.45) is 0. The molecular weight excluding hydrogens is 695 g/mol. The Morgan fingerprint density at radius 1 is 0.418 bits per heavy atom. The van der Waals surface area contributed by atoms with E-state index in [1.807, 2.05) is 59.9 Å². The van der Waals surface area contributed by atoms with E-state index in [0.29, 0.717) is 11.5 Å². The molecule has 5 nitrogen and oxygen atoms in total. The molecule has 0 saturated heterocycles. The van der Waals surface area contributed by atoms with Crippen LogP contribution >= 0.6 is 11.3 Å². The van der Waals surface area contributed by atoms with Crippen molar-refractivity contribution in [2.24, 2.45) is 0 Å². The molecule has 55 heavy (non-hydrogen) atoms. The minimum Gasteiger partial charge on any atom is -0.456 e. The van der Waals surface area contributed by atoms with Crippen LogP contribution < -0.4 is 9.80 Å². The van der Waals surface area contributed by atoms with Crippen LogP contribution in [0.5, 0.6) is 0 Å². The number of para-hydroxylation sites is 3. The normalized spacial score (nSPS) is 11.6. The molecule has 6 heteroatoms. The van der Waals surface area contributed by atoms with E-state index in [0.717, 1.165) is 67.1 Å². The molecule has 0 unspecified atom stereocenters. The van der Waals surface area contributed by atoms with E-state index in [4.69, 9.17) is 13.8 Å². The van der Waals surface area contributed by atoms with Crippen LogP contribution in [0.15, 0.2) is 197 Å². The molecule has 0 radical (unpaired) electrons. The number of furan rings is 1. The van der Waals surface area contributed by atoms with Crippen molar-refractivity contribution < 1.29 is 8.83 Å². The molecule has 260 valence electrons. The van der Waals surface area contributed by atoms with Crippen LogP contribution in [-0.4, -0.2) is 4.98 Å². The van der Waals surface area contributed by atoms with Crippen LogP contribution in [0.2, 0.25) is 0 Å². The SMILES string of the molecule is c1ccc(-c2nc3cc(N(c4ccccc4)c4cccc5c4sc4ccccc45)cc(N(c4ccccc4)c4ccc5c(c4)oc4ccccc45)c3o2)cc1. The summed E-state index contributed by atoms with van der Waals surface area (Å²) < 4.78 is 15.7. The standard InChI is InChI=1S/C49H31N3O2S/c1-4-15-32(16-5-1)49-50-41-29-36(52(34-19-8-3-9-20-34)42-24-14-23-40-39-22-11-13-26-46(39)55-48(40)42)30-43(47(41)54-49)51(33-17-6-2-7-18-33)35-27-28-38-37-21-10-12-25-44(37)53-45(38)31-35/h1-31H. The number of aromatic nitrogens is 1. The van der Waals surface area contributed by atoms with Gasteiger partial charge >= 0.3 is 0 Å². The molecular formula is C49H31N3O2S. The zero-order valence-corrected chi connectivity index (χ0v) is 30.3. The topological polar surface area (TPSA) is 45.7 Å². The van der Waals surface area contributed by atoms with Crippen LogP contribution in [0.3, 0.4) is 0 Å². The fourth-order valence-electron chi connectivity index (χ4n) is 7.77. The van der Waals surface area contributed by atoms with Crippen molar-refractivity contribution in [3.63, 3.8) is 0 Å². The Morgan fingerprint density at radius 2 is 1.05 bits per heavy atom. The lowest BCUT2D eigenvalue weighted by Crippen LogP contribution is -2.13. The maximum atomic E-state index is 6.81. The van der Waals surface area contributed by atoms with Gasteiger partial charge in [-0.3, -0.25) is 0 Å². The van der Waals surface area contributed by atoms with Gasteiger partial charge in [-0.25, -0.2) is 4.98 Å². The molecule has 8 aromatic carbocycles. The summed E-state index contributed by atoms with van der Waals surface area (Å²) in [6.45, 7) is 0. The fraction of sp³-hybridized carbons (Fsp3) is 0. The lowest BCUT2D eigenvalue weighted by molar-refractivity contribution is 0.620. The van der Waals surface area contributed by atoms with Gasteiger partial charge < -0.3 is 18.6 Å². The largest absolute Gasteiger partial charge is 0.456 e.